The number of hydrogen-bond donors (Lipinski definition) is 2. The monoisotopic (exact) mass is 293 g/mol. The Labute approximate surface area is 124 Å². The Balaban J connectivity index is 1.50. The molecule has 2 atom stereocenters. The molecule has 1 aliphatic heterocycles. The van der Waals surface area contributed by atoms with Crippen molar-refractivity contribution in [1.29, 1.82) is 0 Å². The van der Waals surface area contributed by atoms with Crippen LogP contribution in [0.3, 0.4) is 0 Å². The fraction of sp³-hybridized carbons (Fsp3) is 0.533. The van der Waals surface area contributed by atoms with Crippen molar-refractivity contribution >= 4 is 28.9 Å². The summed E-state index contributed by atoms with van der Waals surface area (Å²) >= 11 is 5.84. The van der Waals surface area contributed by atoms with Crippen LogP contribution in [0, 0.1) is 5.92 Å². The molecule has 1 saturated carbocycles. The van der Waals surface area contributed by atoms with Gasteiger partial charge in [0.15, 0.2) is 0 Å². The van der Waals surface area contributed by atoms with Crippen LogP contribution >= 0.6 is 11.6 Å². The van der Waals surface area contributed by atoms with E-state index >= 15 is 0 Å². The first-order valence-corrected chi connectivity index (χ1v) is 7.58. The third-order valence-electron chi connectivity index (χ3n) is 4.44. The number of piperidine rings is 1. The minimum Gasteiger partial charge on any atom is -0.397 e. The Hall–Kier alpha value is -1.26. The molecule has 2 unspecified atom stereocenters. The smallest absolute Gasteiger partial charge is 0.225 e. The van der Waals surface area contributed by atoms with Crippen LogP contribution in [0.1, 0.15) is 25.7 Å². The maximum absolute atomic E-state index is 12.0. The van der Waals surface area contributed by atoms with Crippen molar-refractivity contribution in [3.63, 3.8) is 0 Å². The molecule has 5 heteroatoms. The van der Waals surface area contributed by atoms with E-state index in [0.29, 0.717) is 28.9 Å². The molecule has 1 heterocycles. The lowest BCUT2D eigenvalue weighted by Crippen LogP contribution is -2.34. The van der Waals surface area contributed by atoms with E-state index in [4.69, 9.17) is 17.3 Å². The Morgan fingerprint density at radius 1 is 1.45 bits per heavy atom. The molecule has 0 aromatic heterocycles. The number of hydrogen-bond acceptors (Lipinski definition) is 3. The number of nitrogens with one attached hydrogen (secondary N) is 1. The number of likely N-dealkylation sites (tertiary alicyclic amines) is 1. The van der Waals surface area contributed by atoms with Crippen LogP contribution in [0.25, 0.3) is 0 Å². The molecule has 108 valence electrons. The van der Waals surface area contributed by atoms with E-state index in [2.05, 4.69) is 10.2 Å². The van der Waals surface area contributed by atoms with Gasteiger partial charge in [0, 0.05) is 30.6 Å². The van der Waals surface area contributed by atoms with Crippen molar-refractivity contribution in [2.45, 2.75) is 31.7 Å². The number of benzene rings is 1. The first kappa shape index (κ1) is 13.7. The molecule has 20 heavy (non-hydrogen) atoms. The van der Waals surface area contributed by atoms with Gasteiger partial charge in [-0.15, -0.1) is 0 Å². The van der Waals surface area contributed by atoms with Gasteiger partial charge in [-0.1, -0.05) is 11.6 Å². The predicted octanol–water partition coefficient (Wildman–Crippen LogP) is 2.74. The minimum absolute atomic E-state index is 0.0156. The number of amides is 1. The highest BCUT2D eigenvalue weighted by Gasteiger charge is 2.37. The first-order valence-electron chi connectivity index (χ1n) is 7.21. The third-order valence-corrected chi connectivity index (χ3v) is 4.67. The molecule has 1 aliphatic carbocycles. The third kappa shape index (κ3) is 2.91. The molecule has 3 N–H and O–H groups in total. The molecule has 1 saturated heterocycles. The zero-order chi connectivity index (χ0) is 14.1. The number of anilines is 2. The lowest BCUT2D eigenvalue weighted by molar-refractivity contribution is -0.116. The molecule has 3 rings (SSSR count). The van der Waals surface area contributed by atoms with Crippen molar-refractivity contribution < 1.29 is 4.79 Å². The molecule has 2 fully saturated rings. The normalized spacial score (nSPS) is 25.1. The summed E-state index contributed by atoms with van der Waals surface area (Å²) in [6, 6.07) is 5.84. The van der Waals surface area contributed by atoms with Crippen molar-refractivity contribution in [3.05, 3.63) is 23.2 Å². The Bertz CT molecular complexity index is 520. The zero-order valence-corrected chi connectivity index (χ0v) is 12.2. The number of nitrogens with zero attached hydrogens (tertiary/aromatic N) is 1. The molecule has 0 radical (unpaired) electrons. The topological polar surface area (TPSA) is 58.4 Å². The quantitative estimate of drug-likeness (QED) is 0.839. The second-order valence-corrected chi connectivity index (χ2v) is 6.29. The van der Waals surface area contributed by atoms with E-state index in [-0.39, 0.29) is 5.91 Å². The van der Waals surface area contributed by atoms with Crippen LogP contribution in [-0.4, -0.2) is 29.9 Å². The standard InChI is InChI=1S/C15H20ClN3O/c16-11-2-4-14(13(17)8-11)18-15(20)5-6-19-9-10-1-3-12(19)7-10/h2,4,8,10,12H,1,3,5-7,9,17H2,(H,18,20). The maximum atomic E-state index is 12.0. The second kappa shape index (κ2) is 5.62. The predicted molar refractivity (Wildman–Crippen MR) is 81.8 cm³/mol. The highest BCUT2D eigenvalue weighted by atomic mass is 35.5. The Morgan fingerprint density at radius 2 is 2.30 bits per heavy atom. The van der Waals surface area contributed by atoms with Crippen molar-refractivity contribution in [3.8, 4) is 0 Å². The van der Waals surface area contributed by atoms with Gasteiger partial charge >= 0.3 is 0 Å². The molecule has 0 spiro atoms. The summed E-state index contributed by atoms with van der Waals surface area (Å²) in [4.78, 5) is 14.4. The number of fused-ring (bicyclic) bond motifs is 2. The maximum Gasteiger partial charge on any atom is 0.225 e. The van der Waals surface area contributed by atoms with Crippen LogP contribution in [0.5, 0.6) is 0 Å². The van der Waals surface area contributed by atoms with Gasteiger partial charge in [-0.25, -0.2) is 0 Å². The number of carbonyl (C=O) groups excluding carboxylic acids is 1. The van der Waals surface area contributed by atoms with E-state index < -0.39 is 0 Å². The molecule has 1 aromatic rings. The highest BCUT2D eigenvalue weighted by molar-refractivity contribution is 6.31. The summed E-state index contributed by atoms with van der Waals surface area (Å²) in [5.41, 5.74) is 6.97. The van der Waals surface area contributed by atoms with Gasteiger partial charge in [-0.2, -0.15) is 0 Å². The summed E-state index contributed by atoms with van der Waals surface area (Å²) in [6.07, 6.45) is 4.52. The second-order valence-electron chi connectivity index (χ2n) is 5.86. The van der Waals surface area contributed by atoms with Gasteiger partial charge in [0.05, 0.1) is 11.4 Å². The van der Waals surface area contributed by atoms with E-state index in [1.807, 2.05) is 0 Å². The zero-order valence-electron chi connectivity index (χ0n) is 11.4. The van der Waals surface area contributed by atoms with Gasteiger partial charge in [0.2, 0.25) is 5.91 Å². The molecular weight excluding hydrogens is 274 g/mol. The Morgan fingerprint density at radius 3 is 2.95 bits per heavy atom. The number of nitrogen functional groups attached to an aromatic ring is 1. The molecule has 2 bridgehead atoms. The molecule has 1 amide bonds. The van der Waals surface area contributed by atoms with Crippen LogP contribution in [0.4, 0.5) is 11.4 Å². The molecule has 2 aliphatic rings. The number of halogens is 1. The summed E-state index contributed by atoms with van der Waals surface area (Å²) < 4.78 is 0. The van der Waals surface area contributed by atoms with Crippen molar-refractivity contribution in [2.24, 2.45) is 5.92 Å². The number of rotatable bonds is 4. The molecule has 1 aromatic carbocycles. The van der Waals surface area contributed by atoms with E-state index in [1.54, 1.807) is 18.2 Å². The van der Waals surface area contributed by atoms with Crippen molar-refractivity contribution in [2.75, 3.05) is 24.1 Å². The molecule has 4 nitrogen and oxygen atoms in total. The number of carbonyl (C=O) groups is 1. The SMILES string of the molecule is Nc1cc(Cl)ccc1NC(=O)CCN1CC2CCC1C2. The van der Waals surface area contributed by atoms with Crippen LogP contribution in [-0.2, 0) is 4.79 Å². The first-order chi connectivity index (χ1) is 9.61. The van der Waals surface area contributed by atoms with Gasteiger partial charge in [-0.3, -0.25) is 9.69 Å². The summed E-state index contributed by atoms with van der Waals surface area (Å²) in [7, 11) is 0. The average molecular weight is 294 g/mol. The van der Waals surface area contributed by atoms with E-state index in [1.165, 1.54) is 25.8 Å². The van der Waals surface area contributed by atoms with Crippen LogP contribution in [0.2, 0.25) is 5.02 Å². The lowest BCUT2D eigenvalue weighted by Gasteiger charge is -2.26. The van der Waals surface area contributed by atoms with E-state index in [9.17, 15) is 4.79 Å². The summed E-state index contributed by atoms with van der Waals surface area (Å²) in [5.74, 6) is 0.886. The lowest BCUT2D eigenvalue weighted by atomic mass is 10.1. The minimum atomic E-state index is 0.0156. The number of nitrogens with two attached hydrogens (primary N) is 1. The largest absolute Gasteiger partial charge is 0.397 e. The summed E-state index contributed by atoms with van der Waals surface area (Å²) in [6.45, 7) is 2.02. The van der Waals surface area contributed by atoms with Crippen LogP contribution < -0.4 is 11.1 Å². The fourth-order valence-electron chi connectivity index (χ4n) is 3.41. The summed E-state index contributed by atoms with van der Waals surface area (Å²) in [5, 5.41) is 3.43. The highest BCUT2D eigenvalue weighted by Crippen LogP contribution is 2.37. The average Bonchev–Trinajstić information content (AvgIpc) is 3.02. The van der Waals surface area contributed by atoms with E-state index in [0.717, 1.165) is 12.5 Å². The van der Waals surface area contributed by atoms with Gasteiger partial charge < -0.3 is 11.1 Å². The van der Waals surface area contributed by atoms with Gasteiger partial charge in [-0.05, 0) is 43.4 Å². The fourth-order valence-corrected chi connectivity index (χ4v) is 3.59. The molecular formula is C15H20ClN3O. The van der Waals surface area contributed by atoms with Gasteiger partial charge in [0.1, 0.15) is 0 Å². The van der Waals surface area contributed by atoms with Crippen molar-refractivity contribution in [1.82, 2.24) is 4.90 Å². The van der Waals surface area contributed by atoms with Crippen LogP contribution in [0.15, 0.2) is 18.2 Å². The van der Waals surface area contributed by atoms with Gasteiger partial charge in [0.25, 0.3) is 0 Å². The Kier molecular flexibility index (Phi) is 3.85.